The maximum Gasteiger partial charge on any atom is 0.231 e. The van der Waals surface area contributed by atoms with E-state index in [4.69, 9.17) is 11.6 Å². The monoisotopic (exact) mass is 484 g/mol. The van der Waals surface area contributed by atoms with E-state index in [-0.39, 0.29) is 12.3 Å². The lowest BCUT2D eigenvalue weighted by atomic mass is 10.0. The van der Waals surface area contributed by atoms with Crippen LogP contribution in [0.3, 0.4) is 0 Å². The van der Waals surface area contributed by atoms with Crippen molar-refractivity contribution in [1.29, 1.82) is 5.26 Å². The van der Waals surface area contributed by atoms with Gasteiger partial charge in [-0.15, -0.1) is 0 Å². The number of halogens is 1. The van der Waals surface area contributed by atoms with Crippen LogP contribution in [-0.4, -0.2) is 37.2 Å². The molecule has 0 atom stereocenters. The lowest BCUT2D eigenvalue weighted by Gasteiger charge is -2.19. The number of benzene rings is 1. The van der Waals surface area contributed by atoms with Gasteiger partial charge in [0.05, 0.1) is 29.1 Å². The number of carbonyl (C=O) groups excluding carboxylic acids is 1. The van der Waals surface area contributed by atoms with E-state index in [1.54, 1.807) is 46.2 Å². The number of nitriles is 1. The van der Waals surface area contributed by atoms with Crippen LogP contribution in [0.15, 0.2) is 48.8 Å². The molecule has 4 heterocycles. The first-order chi connectivity index (χ1) is 16.9. The third-order valence-corrected chi connectivity index (χ3v) is 6.20. The quantitative estimate of drug-likeness (QED) is 0.426. The predicted octanol–water partition coefficient (Wildman–Crippen LogP) is 3.98. The molecule has 0 spiro atoms. The van der Waals surface area contributed by atoms with Gasteiger partial charge in [0.25, 0.3) is 0 Å². The fourth-order valence-electron chi connectivity index (χ4n) is 4.26. The highest BCUT2D eigenvalue weighted by molar-refractivity contribution is 6.30. The molecule has 0 fully saturated rings. The molecule has 35 heavy (non-hydrogen) atoms. The molecule has 0 bridgehead atoms. The summed E-state index contributed by atoms with van der Waals surface area (Å²) in [5, 5.41) is 17.7. The number of aryl methyl sites for hydroxylation is 2. The average molecular weight is 485 g/mol. The number of hydrogen-bond donors (Lipinski definition) is 1. The number of anilines is 3. The number of fused-ring (bicyclic) bond motifs is 1. The first-order valence-corrected chi connectivity index (χ1v) is 11.4. The minimum atomic E-state index is -0.122. The second kappa shape index (κ2) is 9.16. The van der Waals surface area contributed by atoms with Gasteiger partial charge < -0.3 is 10.2 Å². The average Bonchev–Trinajstić information content (AvgIpc) is 3.42. The maximum absolute atomic E-state index is 13.1. The number of amides is 1. The number of hydrogen-bond acceptors (Lipinski definition) is 7. The summed E-state index contributed by atoms with van der Waals surface area (Å²) in [6, 6.07) is 13.2. The van der Waals surface area contributed by atoms with Crippen LogP contribution in [0.2, 0.25) is 5.15 Å². The Bertz CT molecular complexity index is 1490. The van der Waals surface area contributed by atoms with Crippen molar-refractivity contribution in [3.8, 4) is 17.3 Å². The Morgan fingerprint density at radius 1 is 1.23 bits per heavy atom. The maximum atomic E-state index is 13.1. The molecule has 1 aliphatic rings. The van der Waals surface area contributed by atoms with Gasteiger partial charge >= 0.3 is 0 Å². The van der Waals surface area contributed by atoms with Crippen molar-refractivity contribution in [2.75, 3.05) is 16.8 Å². The van der Waals surface area contributed by atoms with Crippen LogP contribution in [0.5, 0.6) is 0 Å². The molecule has 3 aromatic heterocycles. The summed E-state index contributed by atoms with van der Waals surface area (Å²) >= 11 is 6.14. The minimum absolute atomic E-state index is 0.118. The normalized spacial score (nSPS) is 12.3. The van der Waals surface area contributed by atoms with Crippen molar-refractivity contribution < 1.29 is 4.79 Å². The summed E-state index contributed by atoms with van der Waals surface area (Å²) in [4.78, 5) is 27.7. The molecule has 1 aliphatic heterocycles. The van der Waals surface area contributed by atoms with Crippen LogP contribution in [0.25, 0.3) is 11.3 Å². The molecule has 9 nitrogen and oxygen atoms in total. The van der Waals surface area contributed by atoms with Gasteiger partial charge in [0.15, 0.2) is 0 Å². The molecule has 0 saturated carbocycles. The van der Waals surface area contributed by atoms with Gasteiger partial charge in [-0.2, -0.15) is 10.4 Å². The van der Waals surface area contributed by atoms with Crippen LogP contribution in [0, 0.1) is 18.3 Å². The second-order valence-corrected chi connectivity index (χ2v) is 8.61. The Labute approximate surface area is 207 Å². The summed E-state index contributed by atoms with van der Waals surface area (Å²) in [7, 11) is 1.84. The van der Waals surface area contributed by atoms with E-state index >= 15 is 0 Å². The number of nitrogens with zero attached hydrogens (tertiary/aromatic N) is 7. The van der Waals surface area contributed by atoms with Gasteiger partial charge in [0.1, 0.15) is 17.0 Å². The fraction of sp³-hybridized carbons (Fsp3) is 0.200. The lowest BCUT2D eigenvalue weighted by molar-refractivity contribution is -0.117. The third kappa shape index (κ3) is 4.44. The Balaban J connectivity index is 1.44. The molecule has 0 saturated heterocycles. The lowest BCUT2D eigenvalue weighted by Crippen LogP contribution is -2.31. The van der Waals surface area contributed by atoms with Crippen molar-refractivity contribution >= 4 is 35.0 Å². The van der Waals surface area contributed by atoms with Crippen LogP contribution in [0.1, 0.15) is 22.4 Å². The molecular formula is C25H21ClN8O. The highest BCUT2D eigenvalue weighted by Crippen LogP contribution is 2.36. The van der Waals surface area contributed by atoms with Crippen LogP contribution < -0.4 is 10.2 Å². The Morgan fingerprint density at radius 3 is 2.83 bits per heavy atom. The van der Waals surface area contributed by atoms with E-state index in [0.29, 0.717) is 46.6 Å². The van der Waals surface area contributed by atoms with E-state index in [1.165, 1.54) is 0 Å². The molecule has 0 aliphatic carbocycles. The van der Waals surface area contributed by atoms with E-state index in [1.807, 2.05) is 26.1 Å². The molecule has 1 N–H and O–H groups in total. The van der Waals surface area contributed by atoms with Gasteiger partial charge in [-0.1, -0.05) is 17.7 Å². The summed E-state index contributed by atoms with van der Waals surface area (Å²) in [6.45, 7) is 2.41. The number of pyridine rings is 1. The highest BCUT2D eigenvalue weighted by atomic mass is 35.5. The van der Waals surface area contributed by atoms with Gasteiger partial charge in [0, 0.05) is 37.6 Å². The number of rotatable bonds is 5. The van der Waals surface area contributed by atoms with Crippen LogP contribution in [-0.2, 0) is 24.7 Å². The molecule has 1 amide bonds. The van der Waals surface area contributed by atoms with Crippen molar-refractivity contribution in [2.45, 2.75) is 19.8 Å². The zero-order valence-electron chi connectivity index (χ0n) is 19.2. The van der Waals surface area contributed by atoms with Crippen molar-refractivity contribution in [1.82, 2.24) is 24.7 Å². The zero-order valence-corrected chi connectivity index (χ0v) is 19.9. The van der Waals surface area contributed by atoms with E-state index < -0.39 is 0 Å². The van der Waals surface area contributed by atoms with Crippen molar-refractivity contribution in [3.05, 3.63) is 76.3 Å². The first kappa shape index (κ1) is 22.5. The zero-order chi connectivity index (χ0) is 24.5. The molecule has 5 rings (SSSR count). The molecule has 10 heteroatoms. The van der Waals surface area contributed by atoms with Gasteiger partial charge in [-0.3, -0.25) is 9.48 Å². The number of nitrogens with one attached hydrogen (secondary N) is 1. The summed E-state index contributed by atoms with van der Waals surface area (Å²) in [5.74, 6) is 1.08. The number of carbonyl (C=O) groups is 1. The summed E-state index contributed by atoms with van der Waals surface area (Å²) < 4.78 is 1.72. The van der Waals surface area contributed by atoms with Gasteiger partial charge in [-0.25, -0.2) is 15.0 Å². The van der Waals surface area contributed by atoms with Crippen molar-refractivity contribution in [3.63, 3.8) is 0 Å². The third-order valence-electron chi connectivity index (χ3n) is 5.86. The first-order valence-electron chi connectivity index (χ1n) is 11.0. The summed E-state index contributed by atoms with van der Waals surface area (Å²) in [5.41, 5.74) is 5.01. The largest absolute Gasteiger partial charge is 0.310 e. The molecule has 1 aromatic carbocycles. The van der Waals surface area contributed by atoms with Crippen LogP contribution >= 0.6 is 11.6 Å². The fourth-order valence-corrected chi connectivity index (χ4v) is 4.45. The molecule has 174 valence electrons. The van der Waals surface area contributed by atoms with Gasteiger partial charge in [-0.05, 0) is 48.7 Å². The topological polar surface area (TPSA) is 113 Å². The van der Waals surface area contributed by atoms with Gasteiger partial charge in [0.2, 0.25) is 11.9 Å². The Kier molecular flexibility index (Phi) is 5.89. The standard InChI is InChI=1S/C25H21ClN8O/c1-15-10-21(33(2)32-15)31-25-29-8-5-20(30-25)18-11-16-6-9-34(23(16)19(12-18)14-27)22(35)13-17-4-3-7-28-24(17)26/h3-5,7-8,10-12H,6,9,13H2,1-2H3,(H,29,30,31). The second-order valence-electron chi connectivity index (χ2n) is 8.25. The SMILES string of the molecule is Cc1cc(Nc2nccc(-c3cc(C#N)c4c(c3)CCN4C(=O)Cc3cccnc3Cl)n2)n(C)n1. The smallest absolute Gasteiger partial charge is 0.231 e. The van der Waals surface area contributed by atoms with E-state index in [9.17, 15) is 10.1 Å². The van der Waals surface area contributed by atoms with Crippen molar-refractivity contribution in [2.24, 2.45) is 7.05 Å². The molecule has 0 radical (unpaired) electrons. The Hall–Kier alpha value is -4.29. The number of aromatic nitrogens is 5. The van der Waals surface area contributed by atoms with E-state index in [0.717, 1.165) is 22.6 Å². The Morgan fingerprint density at radius 2 is 2.09 bits per heavy atom. The predicted molar refractivity (Wildman–Crippen MR) is 132 cm³/mol. The highest BCUT2D eigenvalue weighted by Gasteiger charge is 2.29. The molecule has 4 aromatic rings. The van der Waals surface area contributed by atoms with E-state index in [2.05, 4.69) is 31.4 Å². The molecular weight excluding hydrogens is 464 g/mol. The van der Waals surface area contributed by atoms with Crippen LogP contribution in [0.4, 0.5) is 17.5 Å². The molecule has 0 unspecified atom stereocenters. The minimum Gasteiger partial charge on any atom is -0.310 e. The summed E-state index contributed by atoms with van der Waals surface area (Å²) in [6.07, 6.45) is 4.02.